The molecular formula is C11H17O3P. The Kier molecular flexibility index (Phi) is 4.52. The molecule has 0 aliphatic heterocycles. The summed E-state index contributed by atoms with van der Waals surface area (Å²) < 4.78 is 17.4. The van der Waals surface area contributed by atoms with Crippen molar-refractivity contribution in [3.8, 4) is 0 Å². The molecule has 2 atom stereocenters. The molecule has 0 heterocycles. The Morgan fingerprint density at radius 2 is 1.93 bits per heavy atom. The van der Waals surface area contributed by atoms with Crippen molar-refractivity contribution < 1.29 is 14.2 Å². The lowest BCUT2D eigenvalue weighted by atomic mass is 10.2. The summed E-state index contributed by atoms with van der Waals surface area (Å²) in [5.74, 6) is -1.01. The van der Waals surface area contributed by atoms with Crippen LogP contribution in [0.5, 0.6) is 0 Å². The first-order chi connectivity index (χ1) is 7.14. The fourth-order valence-electron chi connectivity index (χ4n) is 1.41. The van der Waals surface area contributed by atoms with E-state index in [0.717, 1.165) is 0 Å². The van der Waals surface area contributed by atoms with Gasteiger partial charge in [0.25, 0.3) is 0 Å². The molecule has 1 aromatic carbocycles. The van der Waals surface area contributed by atoms with Crippen LogP contribution in [-0.4, -0.2) is 17.9 Å². The second kappa shape index (κ2) is 5.45. The van der Waals surface area contributed by atoms with Crippen molar-refractivity contribution in [1.29, 1.82) is 0 Å². The summed E-state index contributed by atoms with van der Waals surface area (Å²) in [7, 11) is -2.96. The number of benzene rings is 1. The van der Waals surface area contributed by atoms with E-state index >= 15 is 0 Å². The topological polar surface area (TPSA) is 46.5 Å². The number of aliphatic hydroxyl groups is 1. The van der Waals surface area contributed by atoms with Crippen LogP contribution in [0, 0.1) is 0 Å². The Bertz CT molecular complexity index is 337. The summed E-state index contributed by atoms with van der Waals surface area (Å²) >= 11 is 0. The summed E-state index contributed by atoms with van der Waals surface area (Å²) in [6.07, 6.45) is 0.344. The molecule has 84 valence electrons. The lowest BCUT2D eigenvalue weighted by Crippen LogP contribution is -2.04. The van der Waals surface area contributed by atoms with Gasteiger partial charge in [-0.2, -0.15) is 0 Å². The van der Waals surface area contributed by atoms with Gasteiger partial charge in [-0.15, -0.1) is 0 Å². The summed E-state index contributed by atoms with van der Waals surface area (Å²) in [6.45, 7) is 3.90. The van der Waals surface area contributed by atoms with Gasteiger partial charge in [0, 0.05) is 6.16 Å². The summed E-state index contributed by atoms with van der Waals surface area (Å²) in [5.41, 5.74) is 0.649. The van der Waals surface area contributed by atoms with Crippen molar-refractivity contribution in [3.63, 3.8) is 0 Å². The molecule has 0 bridgehead atoms. The van der Waals surface area contributed by atoms with Crippen LogP contribution >= 0.6 is 7.37 Å². The van der Waals surface area contributed by atoms with Gasteiger partial charge in [-0.1, -0.05) is 37.3 Å². The monoisotopic (exact) mass is 228 g/mol. The molecule has 0 saturated carbocycles. The molecule has 0 fully saturated rings. The Morgan fingerprint density at radius 3 is 2.40 bits per heavy atom. The van der Waals surface area contributed by atoms with E-state index in [0.29, 0.717) is 18.3 Å². The smallest absolute Gasteiger partial charge is 0.234 e. The second-order valence-corrected chi connectivity index (χ2v) is 6.08. The zero-order chi connectivity index (χ0) is 11.3. The van der Waals surface area contributed by atoms with Gasteiger partial charge < -0.3 is 9.63 Å². The Morgan fingerprint density at radius 1 is 1.33 bits per heavy atom. The maximum Gasteiger partial charge on any atom is 0.234 e. The molecule has 2 unspecified atom stereocenters. The van der Waals surface area contributed by atoms with E-state index in [1.54, 1.807) is 26.0 Å². The predicted molar refractivity (Wildman–Crippen MR) is 61.2 cm³/mol. The molecule has 1 aromatic rings. The zero-order valence-corrected chi connectivity index (χ0v) is 9.98. The largest absolute Gasteiger partial charge is 0.378 e. The van der Waals surface area contributed by atoms with E-state index in [4.69, 9.17) is 4.52 Å². The summed E-state index contributed by atoms with van der Waals surface area (Å²) in [5, 5.41) is 9.98. The average molecular weight is 228 g/mol. The first-order valence-corrected chi connectivity index (χ1v) is 6.98. The highest BCUT2D eigenvalue weighted by atomic mass is 31.2. The molecule has 1 rings (SSSR count). The summed E-state index contributed by atoms with van der Waals surface area (Å²) in [4.78, 5) is 0. The van der Waals surface area contributed by atoms with Gasteiger partial charge in [0.15, 0.2) is 5.85 Å². The Labute approximate surface area is 90.5 Å². The predicted octanol–water partition coefficient (Wildman–Crippen LogP) is 3.01. The van der Waals surface area contributed by atoms with E-state index in [9.17, 15) is 9.67 Å². The highest BCUT2D eigenvalue weighted by Crippen LogP contribution is 2.58. The molecule has 1 N–H and O–H groups in total. The molecule has 0 spiro atoms. The van der Waals surface area contributed by atoms with Gasteiger partial charge in [-0.05, 0) is 12.5 Å². The SMILES string of the molecule is CCOP(=O)(CC)C(O)c1ccccc1. The van der Waals surface area contributed by atoms with Crippen LogP contribution in [-0.2, 0) is 9.09 Å². The van der Waals surface area contributed by atoms with Gasteiger partial charge in [-0.3, -0.25) is 4.57 Å². The van der Waals surface area contributed by atoms with Crippen molar-refractivity contribution in [3.05, 3.63) is 35.9 Å². The first kappa shape index (κ1) is 12.4. The van der Waals surface area contributed by atoms with Crippen molar-refractivity contribution in [2.24, 2.45) is 0 Å². The van der Waals surface area contributed by atoms with Crippen LogP contribution in [0.4, 0.5) is 0 Å². The van der Waals surface area contributed by atoms with Crippen molar-refractivity contribution in [1.82, 2.24) is 0 Å². The van der Waals surface area contributed by atoms with Gasteiger partial charge in [-0.25, -0.2) is 0 Å². The van der Waals surface area contributed by atoms with Crippen LogP contribution < -0.4 is 0 Å². The second-order valence-electron chi connectivity index (χ2n) is 3.24. The van der Waals surface area contributed by atoms with Crippen molar-refractivity contribution in [2.75, 3.05) is 12.8 Å². The highest BCUT2D eigenvalue weighted by molar-refractivity contribution is 7.59. The molecule has 0 aromatic heterocycles. The number of aliphatic hydroxyl groups excluding tert-OH is 1. The average Bonchev–Trinajstić information content (AvgIpc) is 2.29. The molecule has 15 heavy (non-hydrogen) atoms. The van der Waals surface area contributed by atoms with Crippen LogP contribution in [0.25, 0.3) is 0 Å². The zero-order valence-electron chi connectivity index (χ0n) is 9.09. The molecular weight excluding hydrogens is 211 g/mol. The Hall–Kier alpha value is -0.630. The minimum absolute atomic E-state index is 0.344. The van der Waals surface area contributed by atoms with Crippen LogP contribution in [0.15, 0.2) is 30.3 Å². The lowest BCUT2D eigenvalue weighted by molar-refractivity contribution is 0.214. The third kappa shape index (κ3) is 2.91. The van der Waals surface area contributed by atoms with E-state index in [2.05, 4.69) is 0 Å². The molecule has 0 aliphatic carbocycles. The summed E-state index contributed by atoms with van der Waals surface area (Å²) in [6, 6.07) is 8.99. The third-order valence-corrected chi connectivity index (χ3v) is 4.88. The normalized spacial score (nSPS) is 17.0. The fourth-order valence-corrected chi connectivity index (χ4v) is 3.14. The molecule has 0 saturated heterocycles. The first-order valence-electron chi connectivity index (χ1n) is 5.10. The molecule has 0 amide bonds. The van der Waals surface area contributed by atoms with Crippen molar-refractivity contribution in [2.45, 2.75) is 19.7 Å². The quantitative estimate of drug-likeness (QED) is 0.788. The molecule has 0 aliphatic rings. The van der Waals surface area contributed by atoms with Crippen LogP contribution in [0.3, 0.4) is 0 Å². The van der Waals surface area contributed by atoms with Crippen LogP contribution in [0.2, 0.25) is 0 Å². The highest BCUT2D eigenvalue weighted by Gasteiger charge is 2.31. The van der Waals surface area contributed by atoms with Gasteiger partial charge in [0.1, 0.15) is 0 Å². The van der Waals surface area contributed by atoms with Crippen molar-refractivity contribution >= 4 is 7.37 Å². The number of rotatable bonds is 5. The molecule has 3 nitrogen and oxygen atoms in total. The van der Waals surface area contributed by atoms with Gasteiger partial charge in [0.2, 0.25) is 7.37 Å². The molecule has 0 radical (unpaired) electrons. The number of hydrogen-bond donors (Lipinski definition) is 1. The van der Waals surface area contributed by atoms with Gasteiger partial charge >= 0.3 is 0 Å². The van der Waals surface area contributed by atoms with Gasteiger partial charge in [0.05, 0.1) is 6.61 Å². The van der Waals surface area contributed by atoms with E-state index in [1.807, 2.05) is 18.2 Å². The van der Waals surface area contributed by atoms with E-state index in [1.165, 1.54) is 0 Å². The number of hydrogen-bond acceptors (Lipinski definition) is 3. The molecule has 4 heteroatoms. The van der Waals surface area contributed by atoms with E-state index < -0.39 is 13.2 Å². The minimum atomic E-state index is -2.96. The maximum atomic E-state index is 12.2. The lowest BCUT2D eigenvalue weighted by Gasteiger charge is -2.22. The third-order valence-electron chi connectivity index (χ3n) is 2.26. The Balaban J connectivity index is 2.92. The standard InChI is InChI=1S/C11H17O3P/c1-3-14-15(13,4-2)11(12)10-8-6-5-7-9-10/h5-9,11-12H,3-4H2,1-2H3. The van der Waals surface area contributed by atoms with E-state index in [-0.39, 0.29) is 0 Å². The van der Waals surface area contributed by atoms with Crippen LogP contribution in [0.1, 0.15) is 25.3 Å². The minimum Gasteiger partial charge on any atom is -0.378 e. The maximum absolute atomic E-state index is 12.2. The fraction of sp³-hybridized carbons (Fsp3) is 0.455.